The molecule has 1 amide bonds. The SMILES string of the molecule is O=C(NCC1(C(=O)O)CCOCC1)c1ccc2nccn2c1. The summed E-state index contributed by atoms with van der Waals surface area (Å²) in [6.45, 7) is 0.916. The quantitative estimate of drug-likeness (QED) is 0.877. The fourth-order valence-corrected chi connectivity index (χ4v) is 2.63. The van der Waals surface area contributed by atoms with Crippen molar-refractivity contribution in [2.24, 2.45) is 5.41 Å². The zero-order chi connectivity index (χ0) is 15.6. The number of ether oxygens (including phenoxy) is 1. The molecule has 0 aliphatic carbocycles. The summed E-state index contributed by atoms with van der Waals surface area (Å²) in [7, 11) is 0. The fourth-order valence-electron chi connectivity index (χ4n) is 2.63. The van der Waals surface area contributed by atoms with Crippen LogP contribution >= 0.6 is 0 Å². The molecule has 0 aromatic carbocycles. The summed E-state index contributed by atoms with van der Waals surface area (Å²) in [5.74, 6) is -1.18. The number of nitrogens with one attached hydrogen (secondary N) is 1. The molecule has 2 aromatic rings. The minimum atomic E-state index is -0.937. The van der Waals surface area contributed by atoms with Gasteiger partial charge in [0.2, 0.25) is 0 Å². The number of aliphatic carboxylic acids is 1. The Morgan fingerprint density at radius 2 is 2.14 bits per heavy atom. The number of pyridine rings is 1. The number of carboxylic acids is 1. The van der Waals surface area contributed by atoms with E-state index < -0.39 is 11.4 Å². The van der Waals surface area contributed by atoms with Gasteiger partial charge in [0.05, 0.1) is 11.0 Å². The number of rotatable bonds is 4. The summed E-state index contributed by atoms with van der Waals surface area (Å²) in [6.07, 6.45) is 5.89. The molecule has 7 nitrogen and oxygen atoms in total. The molecule has 1 fully saturated rings. The van der Waals surface area contributed by atoms with Crippen LogP contribution in [-0.4, -0.2) is 46.1 Å². The highest BCUT2D eigenvalue weighted by Crippen LogP contribution is 2.30. The van der Waals surface area contributed by atoms with Gasteiger partial charge < -0.3 is 19.6 Å². The lowest BCUT2D eigenvalue weighted by atomic mass is 9.80. The Hall–Kier alpha value is -2.41. The zero-order valence-corrected chi connectivity index (χ0v) is 12.0. The Balaban J connectivity index is 1.71. The van der Waals surface area contributed by atoms with Crippen LogP contribution in [0.5, 0.6) is 0 Å². The van der Waals surface area contributed by atoms with E-state index in [0.29, 0.717) is 31.6 Å². The third-order valence-corrected chi connectivity index (χ3v) is 4.14. The van der Waals surface area contributed by atoms with Crippen LogP contribution in [0.2, 0.25) is 0 Å². The molecule has 1 saturated heterocycles. The molecule has 3 heterocycles. The van der Waals surface area contributed by atoms with Crippen LogP contribution in [0.3, 0.4) is 0 Å². The maximum Gasteiger partial charge on any atom is 0.311 e. The molecule has 2 aromatic heterocycles. The van der Waals surface area contributed by atoms with E-state index in [-0.39, 0.29) is 12.5 Å². The number of hydrogen-bond donors (Lipinski definition) is 2. The number of aromatic nitrogens is 2. The molecule has 0 saturated carbocycles. The molecule has 0 radical (unpaired) electrons. The number of amides is 1. The highest BCUT2D eigenvalue weighted by Gasteiger charge is 2.40. The number of carboxylic acid groups (broad SMARTS) is 1. The van der Waals surface area contributed by atoms with Crippen molar-refractivity contribution < 1.29 is 19.4 Å². The Morgan fingerprint density at radius 3 is 2.86 bits per heavy atom. The third kappa shape index (κ3) is 2.67. The van der Waals surface area contributed by atoms with Crippen molar-refractivity contribution in [2.75, 3.05) is 19.8 Å². The van der Waals surface area contributed by atoms with Gasteiger partial charge in [0.15, 0.2) is 0 Å². The fraction of sp³-hybridized carbons (Fsp3) is 0.400. The summed E-state index contributed by atoms with van der Waals surface area (Å²) in [4.78, 5) is 27.9. The van der Waals surface area contributed by atoms with Gasteiger partial charge >= 0.3 is 5.97 Å². The van der Waals surface area contributed by atoms with Gasteiger partial charge in [0.1, 0.15) is 5.65 Å². The van der Waals surface area contributed by atoms with Crippen molar-refractivity contribution in [1.82, 2.24) is 14.7 Å². The van der Waals surface area contributed by atoms with Crippen LogP contribution in [0.4, 0.5) is 0 Å². The number of nitrogens with zero attached hydrogens (tertiary/aromatic N) is 2. The minimum absolute atomic E-state index is 0.104. The molecule has 0 spiro atoms. The van der Waals surface area contributed by atoms with Gasteiger partial charge in [-0.15, -0.1) is 0 Å². The van der Waals surface area contributed by atoms with Crippen molar-refractivity contribution in [3.05, 3.63) is 36.3 Å². The van der Waals surface area contributed by atoms with E-state index in [9.17, 15) is 14.7 Å². The van der Waals surface area contributed by atoms with Crippen LogP contribution in [0.25, 0.3) is 5.65 Å². The van der Waals surface area contributed by atoms with E-state index in [4.69, 9.17) is 4.74 Å². The maximum atomic E-state index is 12.2. The van der Waals surface area contributed by atoms with Gasteiger partial charge in [-0.05, 0) is 25.0 Å². The Kier molecular flexibility index (Phi) is 3.81. The number of carbonyl (C=O) groups is 2. The van der Waals surface area contributed by atoms with E-state index in [0.717, 1.165) is 5.65 Å². The summed E-state index contributed by atoms with van der Waals surface area (Å²) in [5.41, 5.74) is 0.286. The number of fused-ring (bicyclic) bond motifs is 1. The summed E-state index contributed by atoms with van der Waals surface area (Å²) in [5, 5.41) is 12.2. The molecule has 1 aliphatic rings. The molecule has 7 heteroatoms. The van der Waals surface area contributed by atoms with Crippen LogP contribution in [0, 0.1) is 5.41 Å². The molecule has 0 unspecified atom stereocenters. The number of imidazole rings is 1. The van der Waals surface area contributed by atoms with Crippen LogP contribution in [0.1, 0.15) is 23.2 Å². The van der Waals surface area contributed by atoms with E-state index >= 15 is 0 Å². The predicted octanol–water partition coefficient (Wildman–Crippen LogP) is 0.945. The van der Waals surface area contributed by atoms with Crippen LogP contribution < -0.4 is 5.32 Å². The van der Waals surface area contributed by atoms with Gasteiger partial charge in [0.25, 0.3) is 5.91 Å². The standard InChI is InChI=1S/C15H17N3O4/c19-13(11-1-2-12-16-5-6-18(12)9-11)17-10-15(14(20)21)3-7-22-8-4-15/h1-2,5-6,9H,3-4,7-8,10H2,(H,17,19)(H,20,21). The molecule has 3 rings (SSSR count). The van der Waals surface area contributed by atoms with Gasteiger partial charge in [-0.1, -0.05) is 0 Å². The minimum Gasteiger partial charge on any atom is -0.481 e. The van der Waals surface area contributed by atoms with Crippen molar-refractivity contribution in [3.63, 3.8) is 0 Å². The monoisotopic (exact) mass is 303 g/mol. The van der Waals surface area contributed by atoms with Crippen LogP contribution in [0.15, 0.2) is 30.7 Å². The Labute approximate surface area is 126 Å². The van der Waals surface area contributed by atoms with Crippen molar-refractivity contribution in [1.29, 1.82) is 0 Å². The van der Waals surface area contributed by atoms with E-state index in [1.807, 2.05) is 0 Å². The third-order valence-electron chi connectivity index (χ3n) is 4.14. The normalized spacial score (nSPS) is 17.3. The lowest BCUT2D eigenvalue weighted by Gasteiger charge is -2.33. The van der Waals surface area contributed by atoms with Crippen molar-refractivity contribution >= 4 is 17.5 Å². The van der Waals surface area contributed by atoms with Crippen molar-refractivity contribution in [2.45, 2.75) is 12.8 Å². The van der Waals surface area contributed by atoms with E-state index in [1.54, 1.807) is 35.1 Å². The zero-order valence-electron chi connectivity index (χ0n) is 12.0. The summed E-state index contributed by atoms with van der Waals surface area (Å²) in [6, 6.07) is 3.42. The molecular weight excluding hydrogens is 286 g/mol. The maximum absolute atomic E-state index is 12.2. The van der Waals surface area contributed by atoms with Gasteiger partial charge in [-0.25, -0.2) is 4.98 Å². The second kappa shape index (κ2) is 5.76. The summed E-state index contributed by atoms with van der Waals surface area (Å²) >= 11 is 0. The molecule has 116 valence electrons. The first-order valence-electron chi connectivity index (χ1n) is 7.13. The molecule has 1 aliphatic heterocycles. The molecule has 0 bridgehead atoms. The lowest BCUT2D eigenvalue weighted by molar-refractivity contribution is -0.154. The number of carbonyl (C=O) groups excluding carboxylic acids is 1. The average Bonchev–Trinajstić information content (AvgIpc) is 3.01. The highest BCUT2D eigenvalue weighted by atomic mass is 16.5. The highest BCUT2D eigenvalue weighted by molar-refractivity contribution is 5.94. The second-order valence-electron chi connectivity index (χ2n) is 5.49. The molecule has 0 atom stereocenters. The second-order valence-corrected chi connectivity index (χ2v) is 5.49. The molecule has 2 N–H and O–H groups in total. The Morgan fingerprint density at radius 1 is 1.36 bits per heavy atom. The van der Waals surface area contributed by atoms with Gasteiger partial charge in [-0.2, -0.15) is 0 Å². The predicted molar refractivity (Wildman–Crippen MR) is 77.6 cm³/mol. The lowest BCUT2D eigenvalue weighted by Crippen LogP contribution is -2.46. The van der Waals surface area contributed by atoms with Gasteiger partial charge in [-0.3, -0.25) is 9.59 Å². The first kappa shape index (κ1) is 14.5. The first-order valence-corrected chi connectivity index (χ1v) is 7.13. The van der Waals surface area contributed by atoms with Crippen LogP contribution in [-0.2, 0) is 9.53 Å². The molecular formula is C15H17N3O4. The van der Waals surface area contributed by atoms with Gasteiger partial charge in [0, 0.05) is 38.3 Å². The van der Waals surface area contributed by atoms with E-state index in [2.05, 4.69) is 10.3 Å². The number of hydrogen-bond acceptors (Lipinski definition) is 4. The smallest absolute Gasteiger partial charge is 0.311 e. The summed E-state index contributed by atoms with van der Waals surface area (Å²) < 4.78 is 6.97. The Bertz CT molecular complexity index is 704. The molecule has 22 heavy (non-hydrogen) atoms. The average molecular weight is 303 g/mol. The van der Waals surface area contributed by atoms with E-state index in [1.165, 1.54) is 0 Å². The topological polar surface area (TPSA) is 92.9 Å². The van der Waals surface area contributed by atoms with Crippen molar-refractivity contribution in [3.8, 4) is 0 Å². The first-order chi connectivity index (χ1) is 10.6. The largest absolute Gasteiger partial charge is 0.481 e.